The molecule has 0 bridgehead atoms. The van der Waals surface area contributed by atoms with Crippen molar-refractivity contribution >= 4 is 14.4 Å². The number of fused-ring (bicyclic) bond motifs is 2. The zero-order chi connectivity index (χ0) is 36.7. The number of benzene rings is 4. The van der Waals surface area contributed by atoms with Gasteiger partial charge in [-0.2, -0.15) is 0 Å². The molecule has 0 saturated carbocycles. The Hall–Kier alpha value is -2.44. The fourth-order valence-electron chi connectivity index (χ4n) is 8.26. The van der Waals surface area contributed by atoms with Gasteiger partial charge in [-0.3, -0.25) is 0 Å². The van der Waals surface area contributed by atoms with Gasteiger partial charge in [0.05, 0.1) is 0 Å². The van der Waals surface area contributed by atoms with Crippen LogP contribution in [0.15, 0.2) is 78.9 Å². The van der Waals surface area contributed by atoms with Crippen molar-refractivity contribution in [2.24, 2.45) is 0 Å². The van der Waals surface area contributed by atoms with Crippen molar-refractivity contribution in [3.63, 3.8) is 0 Å². The molecule has 0 unspecified atom stereocenters. The van der Waals surface area contributed by atoms with Crippen LogP contribution in [0.1, 0.15) is 145 Å². The van der Waals surface area contributed by atoms with Crippen LogP contribution in [0.3, 0.4) is 0 Å². The number of hydrogen-bond acceptors (Lipinski definition) is 0. The normalized spacial score (nSPS) is 14.1. The van der Waals surface area contributed by atoms with Gasteiger partial charge in [-0.15, -0.1) is 0 Å². The zero-order valence-electron chi connectivity index (χ0n) is 34.0. The van der Waals surface area contributed by atoms with Crippen molar-refractivity contribution < 1.29 is 49.5 Å². The van der Waals surface area contributed by atoms with Crippen molar-refractivity contribution in [2.45, 2.75) is 125 Å². The summed E-state index contributed by atoms with van der Waals surface area (Å²) in [6.07, 6.45) is 7.99. The van der Waals surface area contributed by atoms with Gasteiger partial charge < -0.3 is 24.8 Å². The molecular weight excluding hydrogens is 751 g/mol. The van der Waals surface area contributed by atoms with E-state index in [9.17, 15) is 0 Å². The second-order valence-corrected chi connectivity index (χ2v) is 20.2. The van der Waals surface area contributed by atoms with Gasteiger partial charge in [0, 0.05) is 0 Å². The summed E-state index contributed by atoms with van der Waals surface area (Å²) in [5, 5.41) is 5.70. The number of halogens is 2. The third kappa shape index (κ3) is 7.59. The van der Waals surface area contributed by atoms with E-state index in [1.807, 2.05) is 0 Å². The predicted octanol–water partition coefficient (Wildman–Crippen LogP) is 5.40. The van der Waals surface area contributed by atoms with E-state index in [1.165, 1.54) is 116 Å². The van der Waals surface area contributed by atoms with Crippen LogP contribution in [0.2, 0.25) is 0 Å². The Balaban J connectivity index is 0.00000302. The molecule has 0 aliphatic heterocycles. The van der Waals surface area contributed by atoms with E-state index in [0.29, 0.717) is 0 Å². The molecule has 52 heavy (non-hydrogen) atoms. The fourth-order valence-corrected chi connectivity index (χ4v) is 9.38. The molecule has 0 fully saturated rings. The topological polar surface area (TPSA) is 0 Å². The van der Waals surface area contributed by atoms with E-state index < -0.39 is 0 Å². The third-order valence-electron chi connectivity index (χ3n) is 10.6. The van der Waals surface area contributed by atoms with Gasteiger partial charge >= 0.3 is 320 Å². The van der Waals surface area contributed by atoms with E-state index in [0.717, 1.165) is 6.42 Å². The van der Waals surface area contributed by atoms with Crippen LogP contribution >= 0.6 is 0 Å². The minimum atomic E-state index is -0.128. The quantitative estimate of drug-likeness (QED) is 0.261. The Morgan fingerprint density at radius 2 is 1.00 bits per heavy atom. The zero-order valence-corrected chi connectivity index (χ0v) is 37.9. The molecule has 0 amide bonds. The van der Waals surface area contributed by atoms with Crippen LogP contribution in [-0.2, 0) is 46.4 Å². The van der Waals surface area contributed by atoms with Gasteiger partial charge in [-0.05, 0) is 0 Å². The monoisotopic (exact) mass is 805 g/mol. The summed E-state index contributed by atoms with van der Waals surface area (Å²) in [4.78, 5) is 0. The summed E-state index contributed by atoms with van der Waals surface area (Å²) in [7, 11) is 0. The van der Waals surface area contributed by atoms with Crippen molar-refractivity contribution in [3.8, 4) is 0 Å². The van der Waals surface area contributed by atoms with E-state index in [1.54, 1.807) is 0 Å². The fraction of sp³-hybridized carbons (Fsp3) is 0.388. The summed E-state index contributed by atoms with van der Waals surface area (Å²) < 4.78 is 1.50. The molecule has 0 aromatic heterocycles. The third-order valence-corrected chi connectivity index (χ3v) is 11.9. The van der Waals surface area contributed by atoms with Gasteiger partial charge in [0.1, 0.15) is 0 Å². The molecule has 0 heterocycles. The standard InChI is InChI=1S/C49H57.2ClH.Zr/c1-30-19-23-33(24-20-30)40(34-25-21-31(2)22-26-34)43-42-36-29-39(47(6,7)8)38(46(3,4)5)28-35(36)27-37(42)41(32-17-15-16-18-32)44(48(9,10)11)45(43)49(12,13)14;;;/h15-17,19-26,28-29H,18H2,1-14H3;2*1H;/q;;;+2/p-2. The summed E-state index contributed by atoms with van der Waals surface area (Å²) >= 11 is 1.47. The van der Waals surface area contributed by atoms with Gasteiger partial charge in [0.15, 0.2) is 0 Å². The molecule has 0 atom stereocenters. The van der Waals surface area contributed by atoms with Crippen LogP contribution in [-0.4, -0.2) is 0 Å². The molecule has 0 saturated heterocycles. The largest absolute Gasteiger partial charge is 1.00 e. The molecule has 3 heteroatoms. The summed E-state index contributed by atoms with van der Waals surface area (Å²) in [6, 6.07) is 23.8. The molecule has 0 nitrogen and oxygen atoms in total. The first-order valence-corrected chi connectivity index (χ1v) is 19.7. The molecule has 0 radical (unpaired) electrons. The van der Waals surface area contributed by atoms with Crippen molar-refractivity contribution in [3.05, 3.63) is 155 Å². The summed E-state index contributed by atoms with van der Waals surface area (Å²) in [6.45, 7) is 33.4. The van der Waals surface area contributed by atoms with Crippen LogP contribution in [0.5, 0.6) is 0 Å². The Labute approximate surface area is 342 Å². The predicted molar refractivity (Wildman–Crippen MR) is 213 cm³/mol. The molecule has 4 aromatic rings. The van der Waals surface area contributed by atoms with Gasteiger partial charge in [-0.1, -0.05) is 0 Å². The number of aryl methyl sites for hydroxylation is 2. The SMILES string of the molecule is Cc1ccc(C(c2ccc(C)cc2)=c2c(C(C)(C)C)c(C(C)(C)C)c(C3=CC=CC3)c3c2=c2cc(C(C)(C)C)c(C(C)(C)C)cc2=[C]3[Zr+2])cc1.[Cl-].[Cl-]. The first-order chi connectivity index (χ1) is 23.1. The molecule has 2 aliphatic carbocycles. The van der Waals surface area contributed by atoms with Crippen LogP contribution < -0.4 is 35.3 Å². The second-order valence-electron chi connectivity index (χ2n) is 19.0. The molecule has 0 spiro atoms. The summed E-state index contributed by atoms with van der Waals surface area (Å²) in [5.41, 5.74) is 16.6. The number of rotatable bonds is 3. The smallest absolute Gasteiger partial charge is 1.00 e. The summed E-state index contributed by atoms with van der Waals surface area (Å²) in [5.74, 6) is 0. The maximum absolute atomic E-state index is 2.62. The second kappa shape index (κ2) is 14.7. The first-order valence-electron chi connectivity index (χ1n) is 18.5. The first kappa shape index (κ1) is 42.3. The molecule has 6 rings (SSSR count). The van der Waals surface area contributed by atoms with E-state index in [4.69, 9.17) is 0 Å². The van der Waals surface area contributed by atoms with Crippen molar-refractivity contribution in [1.82, 2.24) is 0 Å². The molecule has 271 valence electrons. The van der Waals surface area contributed by atoms with Crippen LogP contribution in [0, 0.1) is 24.3 Å². The Morgan fingerprint density at radius 3 is 1.38 bits per heavy atom. The molecular formula is C49H57Cl2Zr. The molecule has 4 aromatic carbocycles. The Kier molecular flexibility index (Phi) is 11.9. The maximum Gasteiger partial charge on any atom is -1.00 e. The van der Waals surface area contributed by atoms with Crippen LogP contribution in [0.4, 0.5) is 0 Å². The van der Waals surface area contributed by atoms with E-state index in [-0.39, 0.29) is 46.5 Å². The van der Waals surface area contributed by atoms with Crippen molar-refractivity contribution in [1.29, 1.82) is 0 Å². The number of allylic oxidation sites excluding steroid dienone is 4. The number of hydrogen-bond donors (Lipinski definition) is 0. The average Bonchev–Trinajstić information content (AvgIpc) is 3.63. The van der Waals surface area contributed by atoms with Crippen LogP contribution in [0.25, 0.3) is 14.4 Å². The molecule has 2 aliphatic rings. The maximum atomic E-state index is 2.62. The molecule has 0 N–H and O–H groups in total. The minimum absolute atomic E-state index is 0. The van der Waals surface area contributed by atoms with Gasteiger partial charge in [-0.25, -0.2) is 0 Å². The minimum Gasteiger partial charge on any atom is -1.00 e. The average molecular weight is 808 g/mol. The Morgan fingerprint density at radius 1 is 0.558 bits per heavy atom. The van der Waals surface area contributed by atoms with Gasteiger partial charge in [0.2, 0.25) is 0 Å². The van der Waals surface area contributed by atoms with Crippen molar-refractivity contribution in [2.75, 3.05) is 0 Å². The Bertz CT molecular complexity index is 2260. The van der Waals surface area contributed by atoms with E-state index in [2.05, 4.69) is 176 Å². The van der Waals surface area contributed by atoms with E-state index >= 15 is 0 Å². The van der Waals surface area contributed by atoms with Gasteiger partial charge in [0.25, 0.3) is 0 Å².